The van der Waals surface area contributed by atoms with Gasteiger partial charge >= 0.3 is 0 Å². The van der Waals surface area contributed by atoms with Crippen molar-refractivity contribution in [2.24, 2.45) is 0 Å². The maximum absolute atomic E-state index is 5.37. The summed E-state index contributed by atoms with van der Waals surface area (Å²) >= 11 is 5.37. The van der Waals surface area contributed by atoms with E-state index >= 15 is 0 Å². The molecule has 2 rings (SSSR count). The normalized spacial score (nSPS) is 18.9. The number of thiocarbonyl (C=S) groups is 1. The lowest BCUT2D eigenvalue weighted by molar-refractivity contribution is 0.297. The fraction of sp³-hybridized carbons (Fsp3) is 0.632. The number of nitrogens with one attached hydrogen (secondary N) is 2. The maximum atomic E-state index is 5.37. The number of likely N-dealkylation sites (tertiary alicyclic amines) is 1. The van der Waals surface area contributed by atoms with Crippen LogP contribution in [-0.2, 0) is 12.0 Å². The van der Waals surface area contributed by atoms with Crippen LogP contribution in [0, 0.1) is 0 Å². The van der Waals surface area contributed by atoms with E-state index < -0.39 is 0 Å². The van der Waals surface area contributed by atoms with Crippen LogP contribution in [0.1, 0.15) is 51.2 Å². The van der Waals surface area contributed by atoms with Crippen LogP contribution < -0.4 is 10.6 Å². The lowest BCUT2D eigenvalue weighted by atomic mass is 9.87. The molecule has 128 valence electrons. The summed E-state index contributed by atoms with van der Waals surface area (Å²) in [4.78, 5) is 2.45. The largest absolute Gasteiger partial charge is 0.363 e. The van der Waals surface area contributed by atoms with E-state index in [2.05, 4.69) is 67.6 Å². The van der Waals surface area contributed by atoms with Crippen molar-refractivity contribution in [3.05, 3.63) is 35.4 Å². The second kappa shape index (κ2) is 8.11. The van der Waals surface area contributed by atoms with Crippen LogP contribution >= 0.6 is 12.2 Å². The second-order valence-corrected chi connectivity index (χ2v) is 8.03. The van der Waals surface area contributed by atoms with Crippen LogP contribution in [0.4, 0.5) is 0 Å². The van der Waals surface area contributed by atoms with Gasteiger partial charge in [-0.15, -0.1) is 0 Å². The van der Waals surface area contributed by atoms with E-state index in [4.69, 9.17) is 12.2 Å². The molecule has 0 saturated carbocycles. The van der Waals surface area contributed by atoms with Crippen molar-refractivity contribution in [2.45, 2.75) is 58.0 Å². The minimum atomic E-state index is 0.205. The average Bonchev–Trinajstić information content (AvgIpc) is 2.90. The Kier molecular flexibility index (Phi) is 6.42. The Morgan fingerprint density at radius 1 is 1.22 bits per heavy atom. The molecule has 0 aromatic heterocycles. The number of hydrogen-bond acceptors (Lipinski definition) is 2. The van der Waals surface area contributed by atoms with E-state index in [-0.39, 0.29) is 5.41 Å². The Hall–Kier alpha value is -1.13. The van der Waals surface area contributed by atoms with Gasteiger partial charge in [-0.2, -0.15) is 0 Å². The zero-order valence-electron chi connectivity index (χ0n) is 15.0. The zero-order valence-corrected chi connectivity index (χ0v) is 15.8. The smallest absolute Gasteiger partial charge is 0.166 e. The van der Waals surface area contributed by atoms with Gasteiger partial charge in [0.05, 0.1) is 0 Å². The highest BCUT2D eigenvalue weighted by molar-refractivity contribution is 7.80. The maximum Gasteiger partial charge on any atom is 0.166 e. The molecular formula is C19H31N3S. The Morgan fingerprint density at radius 3 is 2.48 bits per heavy atom. The second-order valence-electron chi connectivity index (χ2n) is 7.62. The van der Waals surface area contributed by atoms with Crippen LogP contribution in [0.5, 0.6) is 0 Å². The summed E-state index contributed by atoms with van der Waals surface area (Å²) in [7, 11) is 2.22. The molecular weight excluding hydrogens is 302 g/mol. The highest BCUT2D eigenvalue weighted by Crippen LogP contribution is 2.22. The first-order valence-corrected chi connectivity index (χ1v) is 9.08. The molecule has 1 aliphatic rings. The van der Waals surface area contributed by atoms with Gasteiger partial charge in [0.25, 0.3) is 0 Å². The van der Waals surface area contributed by atoms with Gasteiger partial charge in [-0.3, -0.25) is 0 Å². The summed E-state index contributed by atoms with van der Waals surface area (Å²) in [5.74, 6) is 0. The van der Waals surface area contributed by atoms with Gasteiger partial charge in [0.2, 0.25) is 0 Å². The van der Waals surface area contributed by atoms with Crippen LogP contribution in [0.15, 0.2) is 24.3 Å². The summed E-state index contributed by atoms with van der Waals surface area (Å²) in [6.45, 7) is 9.67. The molecule has 1 unspecified atom stereocenters. The monoisotopic (exact) mass is 333 g/mol. The molecule has 1 aromatic carbocycles. The quantitative estimate of drug-likeness (QED) is 0.807. The molecule has 0 amide bonds. The van der Waals surface area contributed by atoms with Gasteiger partial charge in [-0.1, -0.05) is 45.0 Å². The highest BCUT2D eigenvalue weighted by Gasteiger charge is 2.19. The molecule has 0 radical (unpaired) electrons. The summed E-state index contributed by atoms with van der Waals surface area (Å²) in [6.07, 6.45) is 3.81. The van der Waals surface area contributed by atoms with Crippen LogP contribution in [0.25, 0.3) is 0 Å². The minimum Gasteiger partial charge on any atom is -0.363 e. The van der Waals surface area contributed by atoms with Crippen molar-refractivity contribution in [1.29, 1.82) is 0 Å². The lowest BCUT2D eigenvalue weighted by Gasteiger charge is -2.20. The molecule has 1 fully saturated rings. The lowest BCUT2D eigenvalue weighted by Crippen LogP contribution is -2.37. The SMILES string of the molecule is CN1CCCC1CCNC(=S)NCc1ccc(C(C)(C)C)cc1. The number of hydrogen-bond donors (Lipinski definition) is 2. The van der Waals surface area contributed by atoms with Crippen molar-refractivity contribution in [3.8, 4) is 0 Å². The van der Waals surface area contributed by atoms with E-state index in [1.165, 1.54) is 36.9 Å². The fourth-order valence-electron chi connectivity index (χ4n) is 3.06. The first kappa shape index (κ1) is 18.2. The van der Waals surface area contributed by atoms with Crippen LogP contribution in [-0.4, -0.2) is 36.2 Å². The number of benzene rings is 1. The van der Waals surface area contributed by atoms with E-state index in [0.29, 0.717) is 0 Å². The van der Waals surface area contributed by atoms with Crippen molar-refractivity contribution < 1.29 is 0 Å². The average molecular weight is 334 g/mol. The first-order chi connectivity index (χ1) is 10.9. The third-order valence-electron chi connectivity index (χ3n) is 4.71. The predicted molar refractivity (Wildman–Crippen MR) is 103 cm³/mol. The molecule has 0 aliphatic carbocycles. The van der Waals surface area contributed by atoms with Crippen LogP contribution in [0.2, 0.25) is 0 Å². The van der Waals surface area contributed by atoms with E-state index in [1.807, 2.05) is 0 Å². The molecule has 0 spiro atoms. The molecule has 1 heterocycles. The van der Waals surface area contributed by atoms with Crippen LogP contribution in [0.3, 0.4) is 0 Å². The summed E-state index contributed by atoms with van der Waals surface area (Å²) in [5.41, 5.74) is 2.83. The Balaban J connectivity index is 1.68. The Bertz CT molecular complexity index is 504. The zero-order chi connectivity index (χ0) is 16.9. The molecule has 4 heteroatoms. The standard InChI is InChI=1S/C19H31N3S/c1-19(2,3)16-9-7-15(8-10-16)14-21-18(23)20-12-11-17-6-5-13-22(17)4/h7-10,17H,5-6,11-14H2,1-4H3,(H2,20,21,23). The number of rotatable bonds is 5. The van der Waals surface area contributed by atoms with Crippen molar-refractivity contribution in [3.63, 3.8) is 0 Å². The summed E-state index contributed by atoms with van der Waals surface area (Å²) in [5, 5.41) is 7.39. The number of nitrogens with zero attached hydrogens (tertiary/aromatic N) is 1. The molecule has 0 bridgehead atoms. The first-order valence-electron chi connectivity index (χ1n) is 8.67. The van der Waals surface area contributed by atoms with E-state index in [9.17, 15) is 0 Å². The van der Waals surface area contributed by atoms with Crippen molar-refractivity contribution in [1.82, 2.24) is 15.5 Å². The van der Waals surface area contributed by atoms with Crippen molar-refractivity contribution >= 4 is 17.3 Å². The Labute approximate surface area is 146 Å². The third kappa shape index (κ3) is 5.78. The van der Waals surface area contributed by atoms with Gasteiger partial charge in [0.1, 0.15) is 0 Å². The van der Waals surface area contributed by atoms with Gasteiger partial charge in [0, 0.05) is 19.1 Å². The minimum absolute atomic E-state index is 0.205. The van der Waals surface area contributed by atoms with Gasteiger partial charge in [-0.25, -0.2) is 0 Å². The molecule has 1 aromatic rings. The molecule has 3 nitrogen and oxygen atoms in total. The molecule has 2 N–H and O–H groups in total. The third-order valence-corrected chi connectivity index (χ3v) is 5.00. The summed E-state index contributed by atoms with van der Waals surface area (Å²) < 4.78 is 0. The van der Waals surface area contributed by atoms with Gasteiger partial charge < -0.3 is 15.5 Å². The van der Waals surface area contributed by atoms with Gasteiger partial charge in [0.15, 0.2) is 5.11 Å². The van der Waals surface area contributed by atoms with Gasteiger partial charge in [-0.05, 0) is 61.6 Å². The van der Waals surface area contributed by atoms with E-state index in [0.717, 1.165) is 24.2 Å². The van der Waals surface area contributed by atoms with E-state index in [1.54, 1.807) is 0 Å². The molecule has 23 heavy (non-hydrogen) atoms. The summed E-state index contributed by atoms with van der Waals surface area (Å²) in [6, 6.07) is 9.51. The fourth-order valence-corrected chi connectivity index (χ4v) is 3.24. The molecule has 1 atom stereocenters. The Morgan fingerprint density at radius 2 is 1.91 bits per heavy atom. The topological polar surface area (TPSA) is 27.3 Å². The highest BCUT2D eigenvalue weighted by atomic mass is 32.1. The molecule has 1 saturated heterocycles. The predicted octanol–water partition coefficient (Wildman–Crippen LogP) is 3.43. The van der Waals surface area contributed by atoms with Crippen molar-refractivity contribution in [2.75, 3.05) is 20.1 Å². The molecule has 1 aliphatic heterocycles.